The molecule has 0 spiro atoms. The number of aromatic nitrogens is 2. The Balaban J connectivity index is 1.40. The number of amidine groups is 1. The molecule has 214 valence electrons. The third-order valence-corrected chi connectivity index (χ3v) is 7.58. The summed E-state index contributed by atoms with van der Waals surface area (Å²) in [6, 6.07) is 21.3. The lowest BCUT2D eigenvalue weighted by Crippen LogP contribution is -2.34. The van der Waals surface area contributed by atoms with Crippen LogP contribution in [0.5, 0.6) is 5.75 Å². The van der Waals surface area contributed by atoms with Crippen LogP contribution in [-0.4, -0.2) is 59.1 Å². The molecule has 5 rings (SSSR count). The van der Waals surface area contributed by atoms with E-state index in [4.69, 9.17) is 31.3 Å². The number of aryl methyl sites for hydroxylation is 2. The van der Waals surface area contributed by atoms with Gasteiger partial charge in [0, 0.05) is 43.8 Å². The highest BCUT2D eigenvalue weighted by molar-refractivity contribution is 5.97. The van der Waals surface area contributed by atoms with E-state index in [0.717, 1.165) is 72.6 Å². The summed E-state index contributed by atoms with van der Waals surface area (Å²) in [6.07, 6.45) is 3.78. The maximum Gasteiger partial charge on any atom is 0.254 e. The smallest absolute Gasteiger partial charge is 0.254 e. The largest absolute Gasteiger partial charge is 0.497 e. The van der Waals surface area contributed by atoms with Gasteiger partial charge in [0.1, 0.15) is 17.4 Å². The van der Waals surface area contributed by atoms with Gasteiger partial charge in [0.15, 0.2) is 0 Å². The molecule has 1 fully saturated rings. The van der Waals surface area contributed by atoms with Gasteiger partial charge in [-0.3, -0.25) is 10.2 Å². The van der Waals surface area contributed by atoms with Gasteiger partial charge in [-0.15, -0.1) is 0 Å². The Morgan fingerprint density at radius 2 is 1.90 bits per heavy atom. The van der Waals surface area contributed by atoms with Gasteiger partial charge in [0.05, 0.1) is 30.8 Å². The molecule has 1 aliphatic heterocycles. The molecule has 1 aliphatic rings. The molecule has 41 heavy (non-hydrogen) atoms. The van der Waals surface area contributed by atoms with Crippen molar-refractivity contribution in [3.8, 4) is 5.75 Å². The maximum atomic E-state index is 13.7. The van der Waals surface area contributed by atoms with Crippen molar-refractivity contribution in [2.45, 2.75) is 44.9 Å². The fourth-order valence-electron chi connectivity index (χ4n) is 5.39. The number of nitrogens with one attached hydrogen (secondary N) is 1. The Hall–Kier alpha value is -4.21. The lowest BCUT2D eigenvalue weighted by Gasteiger charge is -2.22. The second kappa shape index (κ2) is 13.0. The lowest BCUT2D eigenvalue weighted by molar-refractivity contribution is 0.0748. The minimum absolute atomic E-state index is 0.0637. The normalized spacial score (nSPS) is 14.8. The lowest BCUT2D eigenvalue weighted by atomic mass is 10.1. The van der Waals surface area contributed by atoms with Gasteiger partial charge in [-0.05, 0) is 60.7 Å². The van der Waals surface area contributed by atoms with Crippen molar-refractivity contribution in [1.82, 2.24) is 14.5 Å². The van der Waals surface area contributed by atoms with E-state index >= 15 is 0 Å². The molecule has 2 heterocycles. The van der Waals surface area contributed by atoms with E-state index in [1.807, 2.05) is 66.7 Å². The SMILES string of the molecule is COc1cccc(CN(CCN)C(=O)c2ccc3c(c2)nc(CCc2ccc(C(=N)N)cc2)n3CC2CCCO2)c1. The zero-order chi connectivity index (χ0) is 28.8. The molecule has 0 radical (unpaired) electrons. The molecule has 3 aromatic carbocycles. The van der Waals surface area contributed by atoms with Gasteiger partial charge < -0.3 is 30.4 Å². The predicted octanol–water partition coefficient (Wildman–Crippen LogP) is 3.89. The van der Waals surface area contributed by atoms with Crippen LogP contribution in [0.1, 0.15) is 45.7 Å². The van der Waals surface area contributed by atoms with E-state index in [1.54, 1.807) is 12.0 Å². The fourth-order valence-corrected chi connectivity index (χ4v) is 5.39. The quantitative estimate of drug-likeness (QED) is 0.180. The summed E-state index contributed by atoms with van der Waals surface area (Å²) in [5.74, 6) is 1.70. The molecule has 0 bridgehead atoms. The summed E-state index contributed by atoms with van der Waals surface area (Å²) in [6.45, 7) is 2.77. The number of nitrogens with zero attached hydrogens (tertiary/aromatic N) is 3. The molecule has 1 aromatic heterocycles. The van der Waals surface area contributed by atoms with Crippen LogP contribution in [0.2, 0.25) is 0 Å². The fraction of sp³-hybridized carbons (Fsp3) is 0.344. The average Bonchev–Trinajstić information content (AvgIpc) is 3.63. The van der Waals surface area contributed by atoms with Crippen molar-refractivity contribution in [2.24, 2.45) is 11.5 Å². The highest BCUT2D eigenvalue weighted by Crippen LogP contribution is 2.24. The first-order valence-corrected chi connectivity index (χ1v) is 14.1. The number of carbonyl (C=O) groups is 1. The number of rotatable bonds is 12. The van der Waals surface area contributed by atoms with Crippen molar-refractivity contribution in [2.75, 3.05) is 26.8 Å². The van der Waals surface area contributed by atoms with E-state index in [0.29, 0.717) is 30.8 Å². The minimum Gasteiger partial charge on any atom is -0.497 e. The summed E-state index contributed by atoms with van der Waals surface area (Å²) < 4.78 is 13.6. The number of nitrogens with two attached hydrogens (primary N) is 2. The number of benzene rings is 3. The Morgan fingerprint density at radius 3 is 2.61 bits per heavy atom. The van der Waals surface area contributed by atoms with Gasteiger partial charge >= 0.3 is 0 Å². The third-order valence-electron chi connectivity index (χ3n) is 7.58. The molecule has 1 unspecified atom stereocenters. The molecule has 1 atom stereocenters. The van der Waals surface area contributed by atoms with Gasteiger partial charge in [0.2, 0.25) is 0 Å². The Morgan fingerprint density at radius 1 is 1.10 bits per heavy atom. The molecule has 0 saturated carbocycles. The zero-order valence-corrected chi connectivity index (χ0v) is 23.5. The molecule has 4 aromatic rings. The van der Waals surface area contributed by atoms with E-state index in [1.165, 1.54) is 0 Å². The summed E-state index contributed by atoms with van der Waals surface area (Å²) in [5.41, 5.74) is 16.7. The number of amides is 1. The van der Waals surface area contributed by atoms with Crippen LogP contribution in [0, 0.1) is 5.41 Å². The summed E-state index contributed by atoms with van der Waals surface area (Å²) >= 11 is 0. The molecule has 9 heteroatoms. The van der Waals surface area contributed by atoms with Gasteiger partial charge in [-0.1, -0.05) is 36.4 Å². The first-order valence-electron chi connectivity index (χ1n) is 14.1. The van der Waals surface area contributed by atoms with Gasteiger partial charge in [0.25, 0.3) is 5.91 Å². The first kappa shape index (κ1) is 28.3. The zero-order valence-electron chi connectivity index (χ0n) is 23.5. The summed E-state index contributed by atoms with van der Waals surface area (Å²) in [7, 11) is 1.63. The average molecular weight is 555 g/mol. The van der Waals surface area contributed by atoms with Crippen LogP contribution in [0.3, 0.4) is 0 Å². The Bertz CT molecular complexity index is 1510. The number of carbonyl (C=O) groups excluding carboxylic acids is 1. The van der Waals surface area contributed by atoms with Crippen LogP contribution < -0.4 is 16.2 Å². The van der Waals surface area contributed by atoms with E-state index in [9.17, 15) is 4.79 Å². The monoisotopic (exact) mass is 554 g/mol. The Labute approximate surface area is 240 Å². The first-order chi connectivity index (χ1) is 19.9. The number of hydrogen-bond donors (Lipinski definition) is 3. The molecule has 1 amide bonds. The topological polar surface area (TPSA) is 132 Å². The molecule has 5 N–H and O–H groups in total. The van der Waals surface area contributed by atoms with Crippen molar-refractivity contribution < 1.29 is 14.3 Å². The number of nitrogen functional groups attached to an aromatic ring is 1. The molecular weight excluding hydrogens is 516 g/mol. The van der Waals surface area contributed by atoms with Crippen molar-refractivity contribution >= 4 is 22.8 Å². The molecular formula is C32H38N6O3. The van der Waals surface area contributed by atoms with Gasteiger partial charge in [-0.2, -0.15) is 0 Å². The number of fused-ring (bicyclic) bond motifs is 1. The molecule has 9 nitrogen and oxygen atoms in total. The molecule has 1 saturated heterocycles. The highest BCUT2D eigenvalue weighted by Gasteiger charge is 2.22. The minimum atomic E-state index is -0.0824. The predicted molar refractivity (Wildman–Crippen MR) is 160 cm³/mol. The Kier molecular flexibility index (Phi) is 8.96. The number of methoxy groups -OCH3 is 1. The number of imidazole rings is 1. The van der Waals surface area contributed by atoms with E-state index < -0.39 is 0 Å². The number of hydrogen-bond acceptors (Lipinski definition) is 6. The molecule has 0 aliphatic carbocycles. The van der Waals surface area contributed by atoms with Crippen molar-refractivity contribution in [3.05, 3.63) is 94.8 Å². The standard InChI is InChI=1S/C32H38N6O3/c1-40-26-5-2-4-23(18-26)20-37(16-15-33)32(39)25-12-13-29-28(19-25)36-30(38(29)21-27-6-3-17-41-27)14-9-22-7-10-24(11-8-22)31(34)35/h2,4-5,7-8,10-13,18-19,27H,3,6,9,14-17,20-21,33H2,1H3,(H3,34,35). The van der Waals surface area contributed by atoms with Crippen LogP contribution in [0.15, 0.2) is 66.7 Å². The summed E-state index contributed by atoms with van der Waals surface area (Å²) in [5, 5.41) is 7.62. The summed E-state index contributed by atoms with van der Waals surface area (Å²) in [4.78, 5) is 20.4. The van der Waals surface area contributed by atoms with E-state index in [2.05, 4.69) is 4.57 Å². The third kappa shape index (κ3) is 6.75. The van der Waals surface area contributed by atoms with Crippen LogP contribution >= 0.6 is 0 Å². The van der Waals surface area contributed by atoms with Crippen LogP contribution in [0.4, 0.5) is 0 Å². The van der Waals surface area contributed by atoms with Crippen molar-refractivity contribution in [1.29, 1.82) is 5.41 Å². The highest BCUT2D eigenvalue weighted by atomic mass is 16.5. The van der Waals surface area contributed by atoms with Gasteiger partial charge in [-0.25, -0.2) is 4.98 Å². The van der Waals surface area contributed by atoms with Crippen LogP contribution in [0.25, 0.3) is 11.0 Å². The number of ether oxygens (including phenoxy) is 2. The second-order valence-electron chi connectivity index (χ2n) is 10.5. The van der Waals surface area contributed by atoms with Crippen LogP contribution in [-0.2, 0) is 30.7 Å². The van der Waals surface area contributed by atoms with Crippen molar-refractivity contribution in [3.63, 3.8) is 0 Å². The van der Waals surface area contributed by atoms with E-state index in [-0.39, 0.29) is 17.8 Å². The maximum absolute atomic E-state index is 13.7. The second-order valence-corrected chi connectivity index (χ2v) is 10.5.